The second-order valence-corrected chi connectivity index (χ2v) is 2.59. The maximum atomic E-state index is 2.23. The van der Waals surface area contributed by atoms with Gasteiger partial charge in [0, 0.05) is 27.3 Å². The Kier molecular flexibility index (Phi) is 6.92. The summed E-state index contributed by atoms with van der Waals surface area (Å²) in [6, 6.07) is 10.6. The van der Waals surface area contributed by atoms with E-state index in [0.717, 1.165) is 0 Å². The number of unbranched alkanes of at least 4 members (excludes halogenated alkanes) is 1. The Balaban J connectivity index is 0.000001000. The van der Waals surface area contributed by atoms with Crippen molar-refractivity contribution in [3.05, 3.63) is 35.9 Å². The molecule has 0 aliphatic heterocycles. The van der Waals surface area contributed by atoms with Crippen molar-refractivity contribution in [1.82, 2.24) is 0 Å². The summed E-state index contributed by atoms with van der Waals surface area (Å²) in [6.45, 7) is 2.23. The van der Waals surface area contributed by atoms with Gasteiger partial charge < -0.3 is 0 Å². The topological polar surface area (TPSA) is 0 Å². The van der Waals surface area contributed by atoms with Gasteiger partial charge in [-0.3, -0.25) is 0 Å². The van der Waals surface area contributed by atoms with Crippen molar-refractivity contribution < 1.29 is 0 Å². The van der Waals surface area contributed by atoms with E-state index < -0.39 is 0 Å². The molecule has 0 spiro atoms. The van der Waals surface area contributed by atoms with Crippen LogP contribution < -0.4 is 0 Å². The second kappa shape index (κ2) is 6.83. The Hall–Kier alpha value is 0.142. The minimum atomic E-state index is 0. The fraction of sp³-hybridized carbons (Fsp3) is 0.400. The van der Waals surface area contributed by atoms with Crippen LogP contribution in [-0.4, -0.2) is 27.3 Å². The van der Waals surface area contributed by atoms with Crippen LogP contribution in [0.3, 0.4) is 0 Å². The summed E-state index contributed by atoms with van der Waals surface area (Å²) in [7, 11) is 0. The normalized spacial score (nSPS) is 8.82. The van der Waals surface area contributed by atoms with Crippen molar-refractivity contribution in [1.29, 1.82) is 0 Å². The molecule has 4 radical (unpaired) electrons. The number of hydrogen-bond acceptors (Lipinski definition) is 0. The molecular weight excluding hydrogens is 327 g/mol. The first kappa shape index (κ1) is 11.1. The molecular formula is C10H14Pb. The van der Waals surface area contributed by atoms with Crippen LogP contribution in [0.1, 0.15) is 25.3 Å². The summed E-state index contributed by atoms with van der Waals surface area (Å²) in [5.74, 6) is 0. The maximum Gasteiger partial charge on any atom is 0 e. The first-order chi connectivity index (χ1) is 4.93. The molecule has 1 aromatic carbocycles. The molecule has 0 aromatic heterocycles. The molecule has 0 aliphatic rings. The molecule has 0 amide bonds. The minimum absolute atomic E-state index is 0. The Labute approximate surface area is 89.2 Å². The third kappa shape index (κ3) is 4.56. The molecule has 0 unspecified atom stereocenters. The molecule has 1 aromatic rings. The third-order valence-corrected chi connectivity index (χ3v) is 1.66. The van der Waals surface area contributed by atoms with Gasteiger partial charge in [0.25, 0.3) is 0 Å². The Morgan fingerprint density at radius 2 is 1.73 bits per heavy atom. The molecule has 0 atom stereocenters. The van der Waals surface area contributed by atoms with E-state index >= 15 is 0 Å². The molecule has 0 aliphatic carbocycles. The van der Waals surface area contributed by atoms with Crippen molar-refractivity contribution in [3.8, 4) is 0 Å². The van der Waals surface area contributed by atoms with Crippen LogP contribution in [0.5, 0.6) is 0 Å². The molecule has 0 nitrogen and oxygen atoms in total. The summed E-state index contributed by atoms with van der Waals surface area (Å²) in [4.78, 5) is 0. The summed E-state index contributed by atoms with van der Waals surface area (Å²) >= 11 is 0. The van der Waals surface area contributed by atoms with Gasteiger partial charge in [-0.1, -0.05) is 43.7 Å². The number of hydrogen-bond donors (Lipinski definition) is 0. The summed E-state index contributed by atoms with van der Waals surface area (Å²) < 4.78 is 0. The van der Waals surface area contributed by atoms with Crippen molar-refractivity contribution in [2.75, 3.05) is 0 Å². The van der Waals surface area contributed by atoms with Crippen molar-refractivity contribution in [2.45, 2.75) is 26.2 Å². The van der Waals surface area contributed by atoms with E-state index in [1.165, 1.54) is 24.8 Å². The molecule has 0 saturated carbocycles. The van der Waals surface area contributed by atoms with Gasteiger partial charge in [-0.2, -0.15) is 0 Å². The first-order valence-corrected chi connectivity index (χ1v) is 3.97. The van der Waals surface area contributed by atoms with Gasteiger partial charge in [-0.05, 0) is 18.4 Å². The average molecular weight is 341 g/mol. The van der Waals surface area contributed by atoms with E-state index in [-0.39, 0.29) is 27.3 Å². The predicted octanol–water partition coefficient (Wildman–Crippen LogP) is 2.65. The Morgan fingerprint density at radius 3 is 2.27 bits per heavy atom. The zero-order valence-corrected chi connectivity index (χ0v) is 10.9. The first-order valence-electron chi connectivity index (χ1n) is 3.97. The summed E-state index contributed by atoms with van der Waals surface area (Å²) in [5, 5.41) is 0. The van der Waals surface area contributed by atoms with Crippen LogP contribution in [0, 0.1) is 0 Å². The van der Waals surface area contributed by atoms with Crippen LogP contribution in [0.2, 0.25) is 0 Å². The van der Waals surface area contributed by atoms with E-state index in [9.17, 15) is 0 Å². The van der Waals surface area contributed by atoms with Crippen LogP contribution in [-0.2, 0) is 6.42 Å². The van der Waals surface area contributed by atoms with Gasteiger partial charge in [0.05, 0.1) is 0 Å². The van der Waals surface area contributed by atoms with E-state index in [2.05, 4.69) is 37.3 Å². The van der Waals surface area contributed by atoms with Crippen LogP contribution in [0.25, 0.3) is 0 Å². The van der Waals surface area contributed by atoms with Crippen LogP contribution in [0.15, 0.2) is 30.3 Å². The molecule has 11 heavy (non-hydrogen) atoms. The van der Waals surface area contributed by atoms with E-state index in [1.54, 1.807) is 0 Å². The Morgan fingerprint density at radius 1 is 1.09 bits per heavy atom. The quantitative estimate of drug-likeness (QED) is 0.742. The SMILES string of the molecule is CCCCc1ccccc1.[Pb]. The fourth-order valence-electron chi connectivity index (χ4n) is 1.03. The largest absolute Gasteiger partial charge is 0.0654 e. The molecule has 0 bridgehead atoms. The number of benzene rings is 1. The molecule has 1 rings (SSSR count). The van der Waals surface area contributed by atoms with E-state index in [1.807, 2.05) is 0 Å². The summed E-state index contributed by atoms with van der Waals surface area (Å²) in [6.07, 6.45) is 3.83. The predicted molar refractivity (Wildman–Crippen MR) is 50.8 cm³/mol. The average Bonchev–Trinajstić information content (AvgIpc) is 2.03. The van der Waals surface area contributed by atoms with Gasteiger partial charge in [0.15, 0.2) is 0 Å². The number of aryl methyl sites for hydroxylation is 1. The van der Waals surface area contributed by atoms with Crippen molar-refractivity contribution in [2.24, 2.45) is 0 Å². The standard InChI is InChI=1S/C10H14.Pb/c1-2-3-7-10-8-5-4-6-9-10;/h4-6,8-9H,2-3,7H2,1H3;. The van der Waals surface area contributed by atoms with Crippen molar-refractivity contribution >= 4 is 27.3 Å². The molecule has 0 saturated heterocycles. The fourth-order valence-corrected chi connectivity index (χ4v) is 1.03. The maximum absolute atomic E-state index is 2.23. The molecule has 58 valence electrons. The number of rotatable bonds is 3. The van der Waals surface area contributed by atoms with Crippen molar-refractivity contribution in [3.63, 3.8) is 0 Å². The van der Waals surface area contributed by atoms with Gasteiger partial charge in [0.2, 0.25) is 0 Å². The van der Waals surface area contributed by atoms with Gasteiger partial charge in [-0.25, -0.2) is 0 Å². The molecule has 0 fully saturated rings. The second-order valence-electron chi connectivity index (χ2n) is 2.59. The van der Waals surface area contributed by atoms with Gasteiger partial charge >= 0.3 is 0 Å². The monoisotopic (exact) mass is 342 g/mol. The van der Waals surface area contributed by atoms with Gasteiger partial charge in [-0.15, -0.1) is 0 Å². The summed E-state index contributed by atoms with van der Waals surface area (Å²) in [5.41, 5.74) is 1.46. The smallest absolute Gasteiger partial charge is 0 e. The van der Waals surface area contributed by atoms with Crippen LogP contribution in [0.4, 0.5) is 0 Å². The van der Waals surface area contributed by atoms with E-state index in [4.69, 9.17) is 0 Å². The zero-order chi connectivity index (χ0) is 7.23. The third-order valence-electron chi connectivity index (χ3n) is 1.66. The molecule has 0 heterocycles. The van der Waals surface area contributed by atoms with Gasteiger partial charge in [0.1, 0.15) is 0 Å². The molecule has 1 heteroatoms. The van der Waals surface area contributed by atoms with Crippen LogP contribution >= 0.6 is 0 Å². The minimum Gasteiger partial charge on any atom is -0.0654 e. The van der Waals surface area contributed by atoms with E-state index in [0.29, 0.717) is 0 Å². The zero-order valence-electron chi connectivity index (χ0n) is 7.01. The Bertz CT molecular complexity index is 169. The molecule has 0 N–H and O–H groups in total.